The minimum atomic E-state index is -0.370. The molecule has 1 aromatic heterocycles. The number of carbonyl (C=O) groups is 1. The van der Waals surface area contributed by atoms with Gasteiger partial charge in [0.2, 0.25) is 5.91 Å². The van der Waals surface area contributed by atoms with Crippen LogP contribution in [0.25, 0.3) is 0 Å². The van der Waals surface area contributed by atoms with Gasteiger partial charge in [0.1, 0.15) is 0 Å². The third-order valence-electron chi connectivity index (χ3n) is 3.93. The molecule has 0 aromatic carbocycles. The largest absolute Gasteiger partial charge is 0.380 e. The van der Waals surface area contributed by atoms with Crippen molar-refractivity contribution in [2.24, 2.45) is 11.3 Å². The van der Waals surface area contributed by atoms with Gasteiger partial charge in [0.05, 0.1) is 30.9 Å². The van der Waals surface area contributed by atoms with Gasteiger partial charge in [-0.05, 0) is 13.0 Å². The number of ether oxygens (including phenoxy) is 1. The van der Waals surface area contributed by atoms with Crippen LogP contribution in [0.3, 0.4) is 0 Å². The minimum absolute atomic E-state index is 0.0793. The fraction of sp³-hybridized carbons (Fsp3) is 0.667. The Hall–Kier alpha value is -1.40. The Kier molecular flexibility index (Phi) is 2.83. The number of aromatic amines is 1. The van der Waals surface area contributed by atoms with E-state index in [1.807, 2.05) is 13.0 Å². The molecule has 18 heavy (non-hydrogen) atoms. The van der Waals surface area contributed by atoms with Gasteiger partial charge < -0.3 is 15.4 Å². The Balaban J connectivity index is 1.64. The summed E-state index contributed by atoms with van der Waals surface area (Å²) in [4.78, 5) is 12.4. The zero-order chi connectivity index (χ0) is 12.6. The Morgan fingerprint density at radius 2 is 2.61 bits per heavy atom. The van der Waals surface area contributed by atoms with Crippen molar-refractivity contribution in [2.75, 3.05) is 26.3 Å². The second-order valence-electron chi connectivity index (χ2n) is 5.22. The smallest absolute Gasteiger partial charge is 0.230 e. The summed E-state index contributed by atoms with van der Waals surface area (Å²) in [5.74, 6) is 0.383. The zero-order valence-corrected chi connectivity index (χ0v) is 10.5. The highest BCUT2D eigenvalue weighted by Gasteiger charge is 2.52. The van der Waals surface area contributed by atoms with E-state index in [4.69, 9.17) is 4.74 Å². The molecule has 98 valence electrons. The highest BCUT2D eigenvalue weighted by molar-refractivity contribution is 5.84. The van der Waals surface area contributed by atoms with Gasteiger partial charge in [-0.1, -0.05) is 0 Å². The highest BCUT2D eigenvalue weighted by Crippen LogP contribution is 2.37. The van der Waals surface area contributed by atoms with Crippen LogP contribution in [0.15, 0.2) is 6.07 Å². The standard InChI is InChI=1S/C12H18N4O2/c1-8-2-10(16-15-8)4-14-11(17)12-6-13-3-9(12)5-18-7-12/h2,9,13H,3-7H2,1H3,(H,14,17)(H,15,16)/t9-,12-/m0/s1. The number of hydrogen-bond acceptors (Lipinski definition) is 4. The number of H-pyrrole nitrogens is 1. The van der Waals surface area contributed by atoms with E-state index in [1.54, 1.807) is 0 Å². The van der Waals surface area contributed by atoms with Gasteiger partial charge in [-0.25, -0.2) is 0 Å². The quantitative estimate of drug-likeness (QED) is 0.680. The number of hydrogen-bond donors (Lipinski definition) is 3. The number of carbonyl (C=O) groups excluding carboxylic acids is 1. The van der Waals surface area contributed by atoms with Crippen LogP contribution < -0.4 is 10.6 Å². The van der Waals surface area contributed by atoms with Crippen LogP contribution in [0.1, 0.15) is 11.4 Å². The number of aryl methyl sites for hydroxylation is 1. The fourth-order valence-corrected chi connectivity index (χ4v) is 2.82. The van der Waals surface area contributed by atoms with E-state index in [-0.39, 0.29) is 11.3 Å². The maximum atomic E-state index is 12.4. The maximum Gasteiger partial charge on any atom is 0.230 e. The Morgan fingerprint density at radius 1 is 1.72 bits per heavy atom. The van der Waals surface area contributed by atoms with Crippen molar-refractivity contribution in [2.45, 2.75) is 13.5 Å². The lowest BCUT2D eigenvalue weighted by atomic mass is 9.80. The molecule has 6 heteroatoms. The number of nitrogens with one attached hydrogen (secondary N) is 3. The molecule has 0 aliphatic carbocycles. The van der Waals surface area contributed by atoms with Gasteiger partial charge in [-0.15, -0.1) is 0 Å². The molecule has 0 spiro atoms. The van der Waals surface area contributed by atoms with E-state index < -0.39 is 0 Å². The maximum absolute atomic E-state index is 12.4. The summed E-state index contributed by atoms with van der Waals surface area (Å²) in [5.41, 5.74) is 1.49. The Morgan fingerprint density at radius 3 is 3.39 bits per heavy atom. The molecule has 2 saturated heterocycles. The van der Waals surface area contributed by atoms with Crippen LogP contribution in [0.2, 0.25) is 0 Å². The molecule has 6 nitrogen and oxygen atoms in total. The van der Waals surface area contributed by atoms with Crippen LogP contribution in [-0.4, -0.2) is 42.4 Å². The monoisotopic (exact) mass is 250 g/mol. The number of fused-ring (bicyclic) bond motifs is 1. The second kappa shape index (κ2) is 4.37. The summed E-state index contributed by atoms with van der Waals surface area (Å²) < 4.78 is 5.47. The number of aromatic nitrogens is 2. The first-order valence-corrected chi connectivity index (χ1v) is 6.28. The van der Waals surface area contributed by atoms with Crippen molar-refractivity contribution in [3.63, 3.8) is 0 Å². The molecule has 0 radical (unpaired) electrons. The molecule has 0 saturated carbocycles. The van der Waals surface area contributed by atoms with Crippen molar-refractivity contribution in [3.05, 3.63) is 17.5 Å². The van der Waals surface area contributed by atoms with Crippen LogP contribution in [0.5, 0.6) is 0 Å². The van der Waals surface area contributed by atoms with E-state index in [2.05, 4.69) is 20.8 Å². The van der Waals surface area contributed by atoms with E-state index >= 15 is 0 Å². The summed E-state index contributed by atoms with van der Waals surface area (Å²) in [6, 6.07) is 1.94. The van der Waals surface area contributed by atoms with E-state index in [0.29, 0.717) is 32.2 Å². The zero-order valence-electron chi connectivity index (χ0n) is 10.5. The summed E-state index contributed by atoms with van der Waals surface area (Å²) in [6.07, 6.45) is 0. The lowest BCUT2D eigenvalue weighted by molar-refractivity contribution is -0.131. The van der Waals surface area contributed by atoms with Crippen molar-refractivity contribution in [3.8, 4) is 0 Å². The van der Waals surface area contributed by atoms with Crippen molar-refractivity contribution < 1.29 is 9.53 Å². The molecule has 3 N–H and O–H groups in total. The molecule has 3 heterocycles. The average molecular weight is 250 g/mol. The molecule has 2 aliphatic rings. The van der Waals surface area contributed by atoms with Crippen molar-refractivity contribution >= 4 is 5.91 Å². The molecular formula is C12H18N4O2. The van der Waals surface area contributed by atoms with Gasteiger partial charge in [0.25, 0.3) is 0 Å². The third-order valence-corrected chi connectivity index (χ3v) is 3.93. The number of nitrogens with zero attached hydrogens (tertiary/aromatic N) is 1. The van der Waals surface area contributed by atoms with Crippen LogP contribution in [0.4, 0.5) is 0 Å². The van der Waals surface area contributed by atoms with Gasteiger partial charge in [0, 0.05) is 24.7 Å². The number of rotatable bonds is 3. The van der Waals surface area contributed by atoms with E-state index in [9.17, 15) is 4.79 Å². The number of amides is 1. The van der Waals surface area contributed by atoms with Crippen LogP contribution in [0, 0.1) is 18.3 Å². The molecule has 2 fully saturated rings. The Labute approximate surface area is 105 Å². The third kappa shape index (κ3) is 1.81. The summed E-state index contributed by atoms with van der Waals surface area (Å²) in [5, 5.41) is 13.2. The molecule has 0 bridgehead atoms. The molecule has 1 aromatic rings. The summed E-state index contributed by atoms with van der Waals surface area (Å²) in [7, 11) is 0. The SMILES string of the molecule is Cc1cc(CNC(=O)[C@]23CNC[C@H]2COC3)n[nH]1. The van der Waals surface area contributed by atoms with Gasteiger partial charge >= 0.3 is 0 Å². The van der Waals surface area contributed by atoms with Gasteiger partial charge in [0.15, 0.2) is 0 Å². The first-order valence-electron chi connectivity index (χ1n) is 6.28. The lowest BCUT2D eigenvalue weighted by Crippen LogP contribution is -2.46. The average Bonchev–Trinajstić information content (AvgIpc) is 3.00. The molecule has 0 unspecified atom stereocenters. The first kappa shape index (κ1) is 11.7. The van der Waals surface area contributed by atoms with E-state index in [0.717, 1.165) is 17.9 Å². The molecular weight excluding hydrogens is 232 g/mol. The molecule has 1 amide bonds. The second-order valence-corrected chi connectivity index (χ2v) is 5.22. The van der Waals surface area contributed by atoms with Crippen molar-refractivity contribution in [1.29, 1.82) is 0 Å². The van der Waals surface area contributed by atoms with E-state index in [1.165, 1.54) is 0 Å². The Bertz CT molecular complexity index is 447. The minimum Gasteiger partial charge on any atom is -0.380 e. The summed E-state index contributed by atoms with van der Waals surface area (Å²) >= 11 is 0. The molecule has 2 atom stereocenters. The predicted molar refractivity (Wildman–Crippen MR) is 64.8 cm³/mol. The van der Waals surface area contributed by atoms with Gasteiger partial charge in [-0.2, -0.15) is 5.10 Å². The van der Waals surface area contributed by atoms with Crippen molar-refractivity contribution in [1.82, 2.24) is 20.8 Å². The first-order chi connectivity index (χ1) is 8.71. The molecule has 3 rings (SSSR count). The predicted octanol–water partition coefficient (Wildman–Crippen LogP) is -0.430. The lowest BCUT2D eigenvalue weighted by Gasteiger charge is -2.24. The van der Waals surface area contributed by atoms with Gasteiger partial charge in [-0.3, -0.25) is 9.89 Å². The normalized spacial score (nSPS) is 30.4. The van der Waals surface area contributed by atoms with Crippen LogP contribution >= 0.6 is 0 Å². The summed E-state index contributed by atoms with van der Waals surface area (Å²) in [6.45, 7) is 5.20. The van der Waals surface area contributed by atoms with Crippen LogP contribution in [-0.2, 0) is 16.1 Å². The fourth-order valence-electron chi connectivity index (χ4n) is 2.82. The molecule has 2 aliphatic heterocycles. The highest BCUT2D eigenvalue weighted by atomic mass is 16.5. The topological polar surface area (TPSA) is 79.0 Å².